The zero-order valence-corrected chi connectivity index (χ0v) is 8.37. The topological polar surface area (TPSA) is 63.2 Å². The van der Waals surface area contributed by atoms with E-state index in [1.165, 1.54) is 13.8 Å². The maximum atomic E-state index is 11.6. The highest BCUT2D eigenvalue weighted by Gasteiger charge is 2.38. The highest BCUT2D eigenvalue weighted by Crippen LogP contribution is 2.15. The molecule has 0 saturated carbocycles. The first kappa shape index (κ1) is 13.4. The van der Waals surface area contributed by atoms with Crippen molar-refractivity contribution in [1.29, 1.82) is 0 Å². The summed E-state index contributed by atoms with van der Waals surface area (Å²) in [5.74, 6) is -2.11. The van der Waals surface area contributed by atoms with Crippen molar-refractivity contribution in [1.82, 2.24) is 4.72 Å². The van der Waals surface area contributed by atoms with Crippen LogP contribution < -0.4 is 4.72 Å². The lowest BCUT2D eigenvalue weighted by atomic mass is 10.4. The fourth-order valence-corrected chi connectivity index (χ4v) is 1.10. The molecule has 14 heavy (non-hydrogen) atoms. The first-order valence-electron chi connectivity index (χ1n) is 3.66. The highest BCUT2D eigenvalue weighted by molar-refractivity contribution is 7.90. The van der Waals surface area contributed by atoms with E-state index in [9.17, 15) is 26.4 Å². The third kappa shape index (κ3) is 4.05. The van der Waals surface area contributed by atoms with Crippen molar-refractivity contribution in [3.8, 4) is 0 Å². The Kier molecular flexibility index (Phi) is 4.07. The zero-order chi connectivity index (χ0) is 11.6. The molecule has 4 nitrogen and oxygen atoms in total. The number of hydrogen-bond donors (Lipinski definition) is 1. The standard InChI is InChI=1S/C6H10F3NO3S/c1-4(2)14(12,13)10-3-5(11)6(7,8)9/h4,10H,3H2,1-2H3. The molecule has 0 aliphatic heterocycles. The van der Waals surface area contributed by atoms with E-state index in [1.54, 1.807) is 4.72 Å². The summed E-state index contributed by atoms with van der Waals surface area (Å²) in [5, 5.41) is -0.872. The van der Waals surface area contributed by atoms with Crippen LogP contribution in [0.25, 0.3) is 0 Å². The summed E-state index contributed by atoms with van der Waals surface area (Å²) in [5.41, 5.74) is 0. The molecular weight excluding hydrogens is 223 g/mol. The molecule has 0 aromatic rings. The van der Waals surface area contributed by atoms with E-state index in [1.807, 2.05) is 0 Å². The first-order chi connectivity index (χ1) is 6.07. The maximum Gasteiger partial charge on any atom is 0.451 e. The van der Waals surface area contributed by atoms with Gasteiger partial charge in [0, 0.05) is 0 Å². The molecule has 0 bridgehead atoms. The number of rotatable bonds is 4. The molecule has 0 aromatic heterocycles. The van der Waals surface area contributed by atoms with Crippen molar-refractivity contribution in [2.45, 2.75) is 25.3 Å². The van der Waals surface area contributed by atoms with Crippen LogP contribution in [0.5, 0.6) is 0 Å². The van der Waals surface area contributed by atoms with Crippen molar-refractivity contribution in [2.75, 3.05) is 6.54 Å². The maximum absolute atomic E-state index is 11.6. The number of carbonyl (C=O) groups excluding carboxylic acids is 1. The summed E-state index contributed by atoms with van der Waals surface area (Å²) in [7, 11) is -3.82. The fraction of sp³-hybridized carbons (Fsp3) is 0.833. The summed E-state index contributed by atoms with van der Waals surface area (Å²) in [6, 6.07) is 0. The second-order valence-corrected chi connectivity index (χ2v) is 5.16. The van der Waals surface area contributed by atoms with Crippen LogP contribution in [0.15, 0.2) is 0 Å². The Morgan fingerprint density at radius 3 is 2.07 bits per heavy atom. The van der Waals surface area contributed by atoms with Gasteiger partial charge in [-0.1, -0.05) is 0 Å². The average Bonchev–Trinajstić information content (AvgIpc) is 1.98. The van der Waals surface area contributed by atoms with Gasteiger partial charge in [-0.15, -0.1) is 0 Å². The van der Waals surface area contributed by atoms with Crippen molar-refractivity contribution < 1.29 is 26.4 Å². The number of Topliss-reactive ketones (excluding diaryl/α,β-unsaturated/α-hetero) is 1. The number of halogens is 3. The molecule has 0 amide bonds. The van der Waals surface area contributed by atoms with Crippen LogP contribution in [0.4, 0.5) is 13.2 Å². The van der Waals surface area contributed by atoms with Crippen LogP contribution in [0.2, 0.25) is 0 Å². The summed E-state index contributed by atoms with van der Waals surface area (Å²) < 4.78 is 58.4. The van der Waals surface area contributed by atoms with E-state index >= 15 is 0 Å². The van der Waals surface area contributed by atoms with Crippen LogP contribution in [0, 0.1) is 0 Å². The van der Waals surface area contributed by atoms with Crippen molar-refractivity contribution in [3.63, 3.8) is 0 Å². The Balaban J connectivity index is 4.29. The highest BCUT2D eigenvalue weighted by atomic mass is 32.2. The van der Waals surface area contributed by atoms with Crippen LogP contribution >= 0.6 is 0 Å². The molecule has 0 rings (SSSR count). The molecule has 0 saturated heterocycles. The van der Waals surface area contributed by atoms with E-state index in [0.29, 0.717) is 0 Å². The Morgan fingerprint density at radius 2 is 1.79 bits per heavy atom. The normalized spacial score (nSPS) is 13.3. The van der Waals surface area contributed by atoms with Gasteiger partial charge < -0.3 is 0 Å². The van der Waals surface area contributed by atoms with Gasteiger partial charge in [0.1, 0.15) is 0 Å². The quantitative estimate of drug-likeness (QED) is 0.766. The second-order valence-electron chi connectivity index (χ2n) is 2.84. The van der Waals surface area contributed by atoms with Gasteiger partial charge in [0.05, 0.1) is 11.8 Å². The predicted octanol–water partition coefficient (Wildman–Crippen LogP) is 0.446. The summed E-state index contributed by atoms with van der Waals surface area (Å²) in [6.45, 7) is 1.34. The Morgan fingerprint density at radius 1 is 1.36 bits per heavy atom. The molecule has 8 heteroatoms. The molecule has 0 heterocycles. The van der Waals surface area contributed by atoms with Gasteiger partial charge >= 0.3 is 6.18 Å². The third-order valence-electron chi connectivity index (χ3n) is 1.37. The van der Waals surface area contributed by atoms with E-state index in [4.69, 9.17) is 0 Å². The average molecular weight is 233 g/mol. The molecule has 0 atom stereocenters. The lowest BCUT2D eigenvalue weighted by Crippen LogP contribution is -2.39. The SMILES string of the molecule is CC(C)S(=O)(=O)NCC(=O)C(F)(F)F. The molecular formula is C6H10F3NO3S. The van der Waals surface area contributed by atoms with Gasteiger partial charge in [-0.2, -0.15) is 13.2 Å². The van der Waals surface area contributed by atoms with E-state index in [-0.39, 0.29) is 0 Å². The molecule has 0 aliphatic carbocycles. The van der Waals surface area contributed by atoms with Gasteiger partial charge in [-0.05, 0) is 13.8 Å². The summed E-state index contributed by atoms with van der Waals surface area (Å²) in [6.07, 6.45) is -5.00. The third-order valence-corrected chi connectivity index (χ3v) is 3.16. The Bertz CT molecular complexity index is 307. The molecule has 0 aromatic carbocycles. The van der Waals surface area contributed by atoms with E-state index in [2.05, 4.69) is 0 Å². The lowest BCUT2D eigenvalue weighted by molar-refractivity contribution is -0.169. The second kappa shape index (κ2) is 4.26. The largest absolute Gasteiger partial charge is 0.451 e. The minimum Gasteiger partial charge on any atom is -0.288 e. The zero-order valence-electron chi connectivity index (χ0n) is 7.55. The minimum absolute atomic E-state index is 0.872. The van der Waals surface area contributed by atoms with Gasteiger partial charge in [-0.3, -0.25) is 4.79 Å². The van der Waals surface area contributed by atoms with Gasteiger partial charge in [0.2, 0.25) is 10.0 Å². The van der Waals surface area contributed by atoms with E-state index < -0.39 is 33.8 Å². The van der Waals surface area contributed by atoms with Crippen molar-refractivity contribution in [3.05, 3.63) is 0 Å². The van der Waals surface area contributed by atoms with Crippen LogP contribution in [-0.2, 0) is 14.8 Å². The molecule has 0 unspecified atom stereocenters. The van der Waals surface area contributed by atoms with Crippen LogP contribution in [0.3, 0.4) is 0 Å². The number of carbonyl (C=O) groups is 1. The number of sulfonamides is 1. The molecule has 1 N–H and O–H groups in total. The number of nitrogens with one attached hydrogen (secondary N) is 1. The van der Waals surface area contributed by atoms with Crippen LogP contribution in [-0.4, -0.2) is 32.2 Å². The van der Waals surface area contributed by atoms with E-state index in [0.717, 1.165) is 0 Å². The summed E-state index contributed by atoms with van der Waals surface area (Å²) in [4.78, 5) is 10.3. The lowest BCUT2D eigenvalue weighted by Gasteiger charge is -2.09. The molecule has 0 radical (unpaired) electrons. The number of alkyl halides is 3. The van der Waals surface area contributed by atoms with Gasteiger partial charge in [0.25, 0.3) is 5.78 Å². The number of hydrogen-bond acceptors (Lipinski definition) is 3. The van der Waals surface area contributed by atoms with Gasteiger partial charge in [0.15, 0.2) is 0 Å². The van der Waals surface area contributed by atoms with Crippen LogP contribution in [0.1, 0.15) is 13.8 Å². The van der Waals surface area contributed by atoms with Crippen molar-refractivity contribution in [2.24, 2.45) is 0 Å². The molecule has 84 valence electrons. The van der Waals surface area contributed by atoms with Crippen molar-refractivity contribution >= 4 is 15.8 Å². The fourth-order valence-electron chi connectivity index (χ4n) is 0.433. The Hall–Kier alpha value is -0.630. The molecule has 0 fully saturated rings. The van der Waals surface area contributed by atoms with Gasteiger partial charge in [-0.25, -0.2) is 13.1 Å². The number of ketones is 1. The molecule has 0 aliphatic rings. The summed E-state index contributed by atoms with van der Waals surface area (Å²) >= 11 is 0. The predicted molar refractivity (Wildman–Crippen MR) is 43.1 cm³/mol. The smallest absolute Gasteiger partial charge is 0.288 e. The molecule has 0 spiro atoms. The monoisotopic (exact) mass is 233 g/mol. The minimum atomic E-state index is -5.00. The Labute approximate surface area is 79.5 Å². The first-order valence-corrected chi connectivity index (χ1v) is 5.20.